The van der Waals surface area contributed by atoms with E-state index < -0.39 is 0 Å². The predicted molar refractivity (Wildman–Crippen MR) is 89.3 cm³/mol. The number of carbonyl (C=O) groups is 1. The fraction of sp³-hybridized carbons (Fsp3) is 0.278. The van der Waals surface area contributed by atoms with Crippen LogP contribution in [0.25, 0.3) is 5.65 Å². The zero-order chi connectivity index (χ0) is 16.9. The first-order valence-corrected chi connectivity index (χ1v) is 7.76. The van der Waals surface area contributed by atoms with E-state index in [0.29, 0.717) is 12.3 Å². The summed E-state index contributed by atoms with van der Waals surface area (Å²) in [5, 5.41) is 0. The monoisotopic (exact) mass is 325 g/mol. The molecular formula is C18H19N3O3. The molecule has 3 rings (SSSR count). The summed E-state index contributed by atoms with van der Waals surface area (Å²) in [6.07, 6.45) is 8.31. The molecule has 124 valence electrons. The quantitative estimate of drug-likeness (QED) is 0.515. The zero-order valence-corrected chi connectivity index (χ0v) is 13.7. The normalized spacial score (nSPS) is 10.8. The molecule has 0 aliphatic carbocycles. The lowest BCUT2D eigenvalue weighted by Crippen LogP contribution is -2.09. The van der Waals surface area contributed by atoms with Crippen molar-refractivity contribution in [1.29, 1.82) is 0 Å². The van der Waals surface area contributed by atoms with Crippen molar-refractivity contribution < 1.29 is 14.3 Å². The molecule has 0 bridgehead atoms. The SMILES string of the molecule is COc1cncc(CCCOC(=O)c2cnc3cc(C)ccn23)c1. The second-order valence-electron chi connectivity index (χ2n) is 5.55. The number of carbonyl (C=O) groups excluding carboxylic acids is 1. The minimum atomic E-state index is -0.366. The average Bonchev–Trinajstić information content (AvgIpc) is 3.01. The van der Waals surface area contributed by atoms with Gasteiger partial charge >= 0.3 is 5.97 Å². The molecule has 0 amide bonds. The molecule has 6 heteroatoms. The molecule has 0 aliphatic heterocycles. The van der Waals surface area contributed by atoms with Gasteiger partial charge in [-0.3, -0.25) is 9.38 Å². The maximum Gasteiger partial charge on any atom is 0.356 e. The molecule has 3 aromatic heterocycles. The highest BCUT2D eigenvalue weighted by atomic mass is 16.5. The number of aromatic nitrogens is 3. The molecule has 3 aromatic rings. The van der Waals surface area contributed by atoms with E-state index in [1.807, 2.05) is 31.3 Å². The van der Waals surface area contributed by atoms with Gasteiger partial charge in [0.15, 0.2) is 5.69 Å². The van der Waals surface area contributed by atoms with Gasteiger partial charge in [-0.05, 0) is 49.1 Å². The van der Waals surface area contributed by atoms with Gasteiger partial charge in [0.2, 0.25) is 0 Å². The van der Waals surface area contributed by atoms with Crippen LogP contribution in [0, 0.1) is 6.92 Å². The number of esters is 1. The number of hydrogen-bond donors (Lipinski definition) is 0. The van der Waals surface area contributed by atoms with Crippen LogP contribution in [0.5, 0.6) is 5.75 Å². The van der Waals surface area contributed by atoms with Crippen molar-refractivity contribution in [2.24, 2.45) is 0 Å². The standard InChI is InChI=1S/C18H19N3O3/c1-13-5-6-21-16(12-20-17(21)8-13)18(22)24-7-3-4-14-9-15(23-2)11-19-10-14/h5-6,8-12H,3-4,7H2,1-2H3. The maximum absolute atomic E-state index is 12.2. The number of pyridine rings is 2. The first kappa shape index (κ1) is 16.0. The van der Waals surface area contributed by atoms with Crippen molar-refractivity contribution >= 4 is 11.6 Å². The molecular weight excluding hydrogens is 306 g/mol. The minimum absolute atomic E-state index is 0.342. The van der Waals surface area contributed by atoms with E-state index in [1.165, 1.54) is 0 Å². The third-order valence-electron chi connectivity index (χ3n) is 3.73. The molecule has 0 atom stereocenters. The highest BCUT2D eigenvalue weighted by Gasteiger charge is 2.13. The summed E-state index contributed by atoms with van der Waals surface area (Å²) in [7, 11) is 1.61. The van der Waals surface area contributed by atoms with E-state index >= 15 is 0 Å². The number of rotatable bonds is 6. The molecule has 0 fully saturated rings. The van der Waals surface area contributed by atoms with Crippen LogP contribution in [0.1, 0.15) is 28.0 Å². The van der Waals surface area contributed by atoms with E-state index in [0.717, 1.165) is 35.4 Å². The minimum Gasteiger partial charge on any atom is -0.495 e. The van der Waals surface area contributed by atoms with E-state index in [4.69, 9.17) is 9.47 Å². The first-order valence-electron chi connectivity index (χ1n) is 7.76. The zero-order valence-electron chi connectivity index (χ0n) is 13.7. The van der Waals surface area contributed by atoms with Crippen molar-refractivity contribution in [3.63, 3.8) is 0 Å². The average molecular weight is 325 g/mol. The number of imidazole rings is 1. The highest BCUT2D eigenvalue weighted by Crippen LogP contribution is 2.13. The van der Waals surface area contributed by atoms with Crippen molar-refractivity contribution in [2.45, 2.75) is 19.8 Å². The van der Waals surface area contributed by atoms with E-state index in [9.17, 15) is 4.79 Å². The summed E-state index contributed by atoms with van der Waals surface area (Å²) in [6, 6.07) is 5.79. The molecule has 0 unspecified atom stereocenters. The lowest BCUT2D eigenvalue weighted by Gasteiger charge is -2.06. The Morgan fingerprint density at radius 2 is 2.12 bits per heavy atom. The fourth-order valence-corrected chi connectivity index (χ4v) is 2.46. The Bertz CT molecular complexity index is 858. The van der Waals surface area contributed by atoms with Crippen molar-refractivity contribution in [1.82, 2.24) is 14.4 Å². The van der Waals surface area contributed by atoms with Crippen LogP contribution in [0.15, 0.2) is 43.0 Å². The van der Waals surface area contributed by atoms with Gasteiger partial charge in [0.25, 0.3) is 0 Å². The smallest absolute Gasteiger partial charge is 0.356 e. The van der Waals surface area contributed by atoms with E-state index in [1.54, 1.807) is 30.1 Å². The van der Waals surface area contributed by atoms with Gasteiger partial charge in [-0.1, -0.05) is 0 Å². The fourth-order valence-electron chi connectivity index (χ4n) is 2.46. The van der Waals surface area contributed by atoms with Crippen LogP contribution in [-0.4, -0.2) is 34.1 Å². The lowest BCUT2D eigenvalue weighted by molar-refractivity contribution is 0.0492. The molecule has 24 heavy (non-hydrogen) atoms. The summed E-state index contributed by atoms with van der Waals surface area (Å²) in [6.45, 7) is 2.33. The summed E-state index contributed by atoms with van der Waals surface area (Å²) in [5.74, 6) is 0.362. The Hall–Kier alpha value is -2.89. The van der Waals surface area contributed by atoms with Gasteiger partial charge in [0, 0.05) is 12.4 Å². The van der Waals surface area contributed by atoms with Gasteiger partial charge < -0.3 is 9.47 Å². The second kappa shape index (κ2) is 7.12. The molecule has 3 heterocycles. The highest BCUT2D eigenvalue weighted by molar-refractivity contribution is 5.88. The Morgan fingerprint density at radius 1 is 1.25 bits per heavy atom. The Balaban J connectivity index is 1.55. The summed E-state index contributed by atoms with van der Waals surface area (Å²) < 4.78 is 12.2. The van der Waals surface area contributed by atoms with Crippen molar-refractivity contribution in [3.8, 4) is 5.75 Å². The number of nitrogens with zero attached hydrogens (tertiary/aromatic N) is 3. The molecule has 0 spiro atoms. The largest absolute Gasteiger partial charge is 0.495 e. The van der Waals surface area contributed by atoms with Crippen LogP contribution in [0.2, 0.25) is 0 Å². The first-order chi connectivity index (χ1) is 11.7. The molecule has 0 N–H and O–H groups in total. The third kappa shape index (κ3) is 3.53. The van der Waals surface area contributed by atoms with Gasteiger partial charge in [-0.15, -0.1) is 0 Å². The van der Waals surface area contributed by atoms with Crippen LogP contribution < -0.4 is 4.74 Å². The van der Waals surface area contributed by atoms with Crippen molar-refractivity contribution in [2.75, 3.05) is 13.7 Å². The molecule has 0 radical (unpaired) electrons. The predicted octanol–water partition coefficient (Wildman–Crippen LogP) is 2.84. The second-order valence-corrected chi connectivity index (χ2v) is 5.55. The topological polar surface area (TPSA) is 65.7 Å². The van der Waals surface area contributed by atoms with Gasteiger partial charge in [-0.25, -0.2) is 9.78 Å². The Morgan fingerprint density at radius 3 is 2.96 bits per heavy atom. The van der Waals surface area contributed by atoms with Crippen LogP contribution >= 0.6 is 0 Å². The van der Waals surface area contributed by atoms with Crippen LogP contribution in [-0.2, 0) is 11.2 Å². The maximum atomic E-state index is 12.2. The summed E-state index contributed by atoms with van der Waals surface area (Å²) in [4.78, 5) is 20.5. The number of fused-ring (bicyclic) bond motifs is 1. The van der Waals surface area contributed by atoms with E-state index in [2.05, 4.69) is 9.97 Å². The summed E-state index contributed by atoms with van der Waals surface area (Å²) >= 11 is 0. The van der Waals surface area contributed by atoms with Gasteiger partial charge in [-0.2, -0.15) is 0 Å². The number of aryl methyl sites for hydroxylation is 2. The molecule has 0 aromatic carbocycles. The van der Waals surface area contributed by atoms with Crippen molar-refractivity contribution in [3.05, 3.63) is 59.8 Å². The molecule has 0 aliphatic rings. The van der Waals surface area contributed by atoms with Gasteiger partial charge in [0.05, 0.1) is 26.1 Å². The molecule has 6 nitrogen and oxygen atoms in total. The Labute approximate surface area is 140 Å². The van der Waals surface area contributed by atoms with Crippen LogP contribution in [0.4, 0.5) is 0 Å². The van der Waals surface area contributed by atoms with Gasteiger partial charge in [0.1, 0.15) is 11.4 Å². The van der Waals surface area contributed by atoms with Crippen LogP contribution in [0.3, 0.4) is 0 Å². The summed E-state index contributed by atoms with van der Waals surface area (Å²) in [5.41, 5.74) is 3.33. The number of hydrogen-bond acceptors (Lipinski definition) is 5. The Kier molecular flexibility index (Phi) is 4.74. The molecule has 0 saturated carbocycles. The van der Waals surface area contributed by atoms with E-state index in [-0.39, 0.29) is 5.97 Å². The number of ether oxygens (including phenoxy) is 2. The molecule has 0 saturated heterocycles. The third-order valence-corrected chi connectivity index (χ3v) is 3.73. The lowest BCUT2D eigenvalue weighted by atomic mass is 10.1. The number of methoxy groups -OCH3 is 1.